The van der Waals surface area contributed by atoms with E-state index in [1.807, 2.05) is 37.6 Å². The molecular formula is C12H17N5O. The summed E-state index contributed by atoms with van der Waals surface area (Å²) in [7, 11) is 1.90. The summed E-state index contributed by atoms with van der Waals surface area (Å²) in [5, 5.41) is 11.0. The number of pyridine rings is 1. The van der Waals surface area contributed by atoms with Gasteiger partial charge in [-0.15, -0.1) is 10.2 Å². The van der Waals surface area contributed by atoms with Crippen molar-refractivity contribution in [2.45, 2.75) is 26.5 Å². The molecule has 2 aromatic rings. The molecule has 2 rings (SSSR count). The van der Waals surface area contributed by atoms with Gasteiger partial charge in [0.05, 0.1) is 12.6 Å². The number of nitrogens with one attached hydrogen (secondary N) is 1. The highest BCUT2D eigenvalue weighted by Gasteiger charge is 2.07. The SMILES string of the molecule is CC(C)Oc1cccnc1NCc1nncn1C. The standard InChI is InChI=1S/C12H17N5O/c1-9(2)18-10-5-4-6-13-12(10)14-7-11-16-15-8-17(11)3/h4-6,8-9H,7H2,1-3H3,(H,13,14). The summed E-state index contributed by atoms with van der Waals surface area (Å²) in [6.07, 6.45) is 3.51. The molecule has 2 aromatic heterocycles. The van der Waals surface area contributed by atoms with Gasteiger partial charge >= 0.3 is 0 Å². The molecule has 0 unspecified atom stereocenters. The van der Waals surface area contributed by atoms with E-state index in [4.69, 9.17) is 4.74 Å². The van der Waals surface area contributed by atoms with Crippen LogP contribution < -0.4 is 10.1 Å². The molecule has 2 heterocycles. The van der Waals surface area contributed by atoms with Gasteiger partial charge in [0.1, 0.15) is 6.33 Å². The molecular weight excluding hydrogens is 230 g/mol. The van der Waals surface area contributed by atoms with Crippen LogP contribution in [0.3, 0.4) is 0 Å². The lowest BCUT2D eigenvalue weighted by Gasteiger charge is -2.14. The number of anilines is 1. The molecule has 0 aliphatic rings. The Kier molecular flexibility index (Phi) is 3.76. The van der Waals surface area contributed by atoms with E-state index < -0.39 is 0 Å². The topological polar surface area (TPSA) is 64.9 Å². The van der Waals surface area contributed by atoms with Gasteiger partial charge in [-0.3, -0.25) is 0 Å². The number of aromatic nitrogens is 4. The quantitative estimate of drug-likeness (QED) is 0.869. The minimum absolute atomic E-state index is 0.115. The van der Waals surface area contributed by atoms with Crippen molar-refractivity contribution < 1.29 is 4.74 Å². The van der Waals surface area contributed by atoms with Gasteiger partial charge < -0.3 is 14.6 Å². The van der Waals surface area contributed by atoms with Crippen LogP contribution in [0.25, 0.3) is 0 Å². The van der Waals surface area contributed by atoms with Gasteiger partial charge in [-0.1, -0.05) is 0 Å². The first-order chi connectivity index (χ1) is 8.66. The predicted molar refractivity (Wildman–Crippen MR) is 68.3 cm³/mol. The third-order valence-corrected chi connectivity index (χ3v) is 2.35. The molecule has 0 saturated heterocycles. The van der Waals surface area contributed by atoms with Crippen LogP contribution in [-0.2, 0) is 13.6 Å². The molecule has 0 atom stereocenters. The maximum Gasteiger partial charge on any atom is 0.169 e. The van der Waals surface area contributed by atoms with Crippen molar-refractivity contribution >= 4 is 5.82 Å². The van der Waals surface area contributed by atoms with E-state index in [-0.39, 0.29) is 6.10 Å². The number of nitrogens with zero attached hydrogens (tertiary/aromatic N) is 4. The lowest BCUT2D eigenvalue weighted by Crippen LogP contribution is -2.11. The maximum atomic E-state index is 5.68. The number of aryl methyl sites for hydroxylation is 1. The smallest absolute Gasteiger partial charge is 0.169 e. The molecule has 18 heavy (non-hydrogen) atoms. The normalized spacial score (nSPS) is 10.7. The van der Waals surface area contributed by atoms with E-state index in [1.165, 1.54) is 0 Å². The van der Waals surface area contributed by atoms with Crippen LogP contribution in [0, 0.1) is 0 Å². The Labute approximate surface area is 106 Å². The Hall–Kier alpha value is -2.11. The molecule has 0 saturated carbocycles. The number of rotatable bonds is 5. The molecule has 0 amide bonds. The first-order valence-electron chi connectivity index (χ1n) is 5.85. The van der Waals surface area contributed by atoms with E-state index in [2.05, 4.69) is 20.5 Å². The Bertz CT molecular complexity index is 509. The summed E-state index contributed by atoms with van der Waals surface area (Å²) in [4.78, 5) is 4.27. The fourth-order valence-corrected chi connectivity index (χ4v) is 1.50. The van der Waals surface area contributed by atoms with E-state index in [1.54, 1.807) is 12.5 Å². The Morgan fingerprint density at radius 3 is 2.94 bits per heavy atom. The Balaban J connectivity index is 2.07. The van der Waals surface area contributed by atoms with E-state index in [0.717, 1.165) is 11.6 Å². The third-order valence-electron chi connectivity index (χ3n) is 2.35. The summed E-state index contributed by atoms with van der Waals surface area (Å²) < 4.78 is 7.54. The average Bonchev–Trinajstić information content (AvgIpc) is 2.73. The largest absolute Gasteiger partial charge is 0.487 e. The van der Waals surface area contributed by atoms with Gasteiger partial charge in [0, 0.05) is 13.2 Å². The van der Waals surface area contributed by atoms with Crippen LogP contribution in [0.5, 0.6) is 5.75 Å². The molecule has 0 aliphatic heterocycles. The number of hydrogen-bond acceptors (Lipinski definition) is 5. The second kappa shape index (κ2) is 5.48. The number of hydrogen-bond donors (Lipinski definition) is 1. The van der Waals surface area contributed by atoms with Crippen molar-refractivity contribution in [3.63, 3.8) is 0 Å². The summed E-state index contributed by atoms with van der Waals surface area (Å²) >= 11 is 0. The highest BCUT2D eigenvalue weighted by Crippen LogP contribution is 2.22. The van der Waals surface area contributed by atoms with E-state index in [0.29, 0.717) is 12.4 Å². The minimum Gasteiger partial charge on any atom is -0.487 e. The first-order valence-corrected chi connectivity index (χ1v) is 5.85. The average molecular weight is 247 g/mol. The Morgan fingerprint density at radius 2 is 2.28 bits per heavy atom. The lowest BCUT2D eigenvalue weighted by molar-refractivity contribution is 0.243. The predicted octanol–water partition coefficient (Wildman–Crippen LogP) is 1.61. The molecule has 0 bridgehead atoms. The lowest BCUT2D eigenvalue weighted by atomic mass is 10.4. The maximum absolute atomic E-state index is 5.68. The fraction of sp³-hybridized carbons (Fsp3) is 0.417. The number of ether oxygens (including phenoxy) is 1. The summed E-state index contributed by atoms with van der Waals surface area (Å²) in [5.41, 5.74) is 0. The monoisotopic (exact) mass is 247 g/mol. The molecule has 6 nitrogen and oxygen atoms in total. The van der Waals surface area contributed by atoms with E-state index in [9.17, 15) is 0 Å². The fourth-order valence-electron chi connectivity index (χ4n) is 1.50. The zero-order valence-corrected chi connectivity index (χ0v) is 10.8. The molecule has 6 heteroatoms. The second-order valence-electron chi connectivity index (χ2n) is 4.23. The Morgan fingerprint density at radius 1 is 1.44 bits per heavy atom. The van der Waals surface area contributed by atoms with Crippen LogP contribution in [0.15, 0.2) is 24.7 Å². The molecule has 0 spiro atoms. The summed E-state index contributed by atoms with van der Waals surface area (Å²) in [6, 6.07) is 3.75. The van der Waals surface area contributed by atoms with Gasteiger partial charge in [-0.2, -0.15) is 0 Å². The molecule has 0 fully saturated rings. The van der Waals surface area contributed by atoms with Gasteiger partial charge in [0.15, 0.2) is 17.4 Å². The van der Waals surface area contributed by atoms with Crippen molar-refractivity contribution in [3.8, 4) is 5.75 Å². The third kappa shape index (κ3) is 2.97. The van der Waals surface area contributed by atoms with Crippen molar-refractivity contribution in [2.75, 3.05) is 5.32 Å². The van der Waals surface area contributed by atoms with Crippen molar-refractivity contribution in [3.05, 3.63) is 30.5 Å². The summed E-state index contributed by atoms with van der Waals surface area (Å²) in [5.74, 6) is 2.31. The van der Waals surface area contributed by atoms with Crippen LogP contribution in [0.1, 0.15) is 19.7 Å². The highest BCUT2D eigenvalue weighted by molar-refractivity contribution is 5.49. The molecule has 1 N–H and O–H groups in total. The summed E-state index contributed by atoms with van der Waals surface area (Å²) in [6.45, 7) is 4.53. The molecule has 96 valence electrons. The van der Waals surface area contributed by atoms with Crippen molar-refractivity contribution in [2.24, 2.45) is 7.05 Å². The van der Waals surface area contributed by atoms with Crippen LogP contribution in [-0.4, -0.2) is 25.9 Å². The molecule has 0 radical (unpaired) electrons. The van der Waals surface area contributed by atoms with Crippen LogP contribution in [0.2, 0.25) is 0 Å². The van der Waals surface area contributed by atoms with E-state index >= 15 is 0 Å². The van der Waals surface area contributed by atoms with Crippen molar-refractivity contribution in [1.82, 2.24) is 19.7 Å². The minimum atomic E-state index is 0.115. The van der Waals surface area contributed by atoms with Crippen LogP contribution in [0.4, 0.5) is 5.82 Å². The first kappa shape index (κ1) is 12.3. The van der Waals surface area contributed by atoms with Gasteiger partial charge in [0.2, 0.25) is 0 Å². The van der Waals surface area contributed by atoms with Gasteiger partial charge in [0.25, 0.3) is 0 Å². The van der Waals surface area contributed by atoms with Crippen LogP contribution >= 0.6 is 0 Å². The van der Waals surface area contributed by atoms with Gasteiger partial charge in [-0.25, -0.2) is 4.98 Å². The molecule has 0 aliphatic carbocycles. The van der Waals surface area contributed by atoms with Crippen molar-refractivity contribution in [1.29, 1.82) is 0 Å². The van der Waals surface area contributed by atoms with Gasteiger partial charge in [-0.05, 0) is 26.0 Å². The second-order valence-corrected chi connectivity index (χ2v) is 4.23. The zero-order valence-electron chi connectivity index (χ0n) is 10.8. The molecule has 0 aromatic carbocycles. The highest BCUT2D eigenvalue weighted by atomic mass is 16.5. The zero-order chi connectivity index (χ0) is 13.0.